The van der Waals surface area contributed by atoms with Crippen LogP contribution in [-0.4, -0.2) is 44.3 Å². The zero-order chi connectivity index (χ0) is 27.7. The molecule has 0 spiro atoms. The summed E-state index contributed by atoms with van der Waals surface area (Å²) in [5.41, 5.74) is 1.95. The molecule has 202 valence electrons. The molecule has 0 fully saturated rings. The Bertz CT molecular complexity index is 1330. The molecular weight excluding hydrogens is 566 g/mol. The molecular formula is C29H34BrN3O4S. The van der Waals surface area contributed by atoms with Gasteiger partial charge in [-0.25, -0.2) is 8.42 Å². The number of nitrogens with zero attached hydrogens (tertiary/aromatic N) is 2. The lowest BCUT2D eigenvalue weighted by atomic mass is 10.1. The van der Waals surface area contributed by atoms with Crippen LogP contribution in [-0.2, 0) is 26.2 Å². The van der Waals surface area contributed by atoms with Crippen LogP contribution in [0.5, 0.6) is 0 Å². The summed E-state index contributed by atoms with van der Waals surface area (Å²) in [5.74, 6) is -0.758. The van der Waals surface area contributed by atoms with Gasteiger partial charge in [-0.15, -0.1) is 0 Å². The topological polar surface area (TPSA) is 86.8 Å². The number of amides is 2. The Morgan fingerprint density at radius 3 is 2.21 bits per heavy atom. The number of sulfonamides is 1. The summed E-state index contributed by atoms with van der Waals surface area (Å²) >= 11 is 3.42. The number of hydrogen-bond acceptors (Lipinski definition) is 4. The van der Waals surface area contributed by atoms with Crippen molar-refractivity contribution in [2.45, 2.75) is 51.1 Å². The van der Waals surface area contributed by atoms with E-state index in [2.05, 4.69) is 21.2 Å². The molecule has 3 aromatic carbocycles. The van der Waals surface area contributed by atoms with Crippen LogP contribution in [0.25, 0.3) is 0 Å². The van der Waals surface area contributed by atoms with E-state index in [9.17, 15) is 18.0 Å². The maximum Gasteiger partial charge on any atom is 0.264 e. The summed E-state index contributed by atoms with van der Waals surface area (Å²) in [4.78, 5) is 28.4. The first-order valence-electron chi connectivity index (χ1n) is 12.6. The molecule has 7 nitrogen and oxygen atoms in total. The minimum atomic E-state index is -4.07. The van der Waals surface area contributed by atoms with E-state index in [1.54, 1.807) is 50.2 Å². The van der Waals surface area contributed by atoms with Gasteiger partial charge in [0, 0.05) is 17.6 Å². The molecule has 2 amide bonds. The molecule has 3 rings (SSSR count). The quantitative estimate of drug-likeness (QED) is 0.287. The fraction of sp³-hybridized carbons (Fsp3) is 0.310. The summed E-state index contributed by atoms with van der Waals surface area (Å²) in [6.45, 7) is 5.72. The number of aryl methyl sites for hydroxylation is 1. The number of nitrogens with one attached hydrogen (secondary N) is 1. The second-order valence-corrected chi connectivity index (χ2v) is 11.9. The number of carbonyl (C=O) groups excluding carboxylic acids is 2. The standard InChI is InChI=1S/C29H34BrN3O4S/c1-4-5-19-31-29(35)23(3)32(20-24-15-17-25(30)18-16-24)28(34)21-33(27-14-10-9-11-22(27)2)38(36,37)26-12-7-6-8-13-26/h6-18,23H,4-5,19-21H2,1-3H3,(H,31,35)/t23-/m1/s1. The molecule has 0 aliphatic rings. The van der Waals surface area contributed by atoms with Gasteiger partial charge in [0.2, 0.25) is 11.8 Å². The second-order valence-electron chi connectivity index (χ2n) is 9.08. The van der Waals surface area contributed by atoms with Gasteiger partial charge in [0.05, 0.1) is 10.6 Å². The number of benzene rings is 3. The van der Waals surface area contributed by atoms with Gasteiger partial charge in [0.1, 0.15) is 12.6 Å². The lowest BCUT2D eigenvalue weighted by Gasteiger charge is -2.32. The van der Waals surface area contributed by atoms with Crippen LogP contribution in [0, 0.1) is 6.92 Å². The van der Waals surface area contributed by atoms with Gasteiger partial charge >= 0.3 is 0 Å². The highest BCUT2D eigenvalue weighted by Gasteiger charge is 2.32. The van der Waals surface area contributed by atoms with E-state index in [-0.39, 0.29) is 17.3 Å². The van der Waals surface area contributed by atoms with Gasteiger partial charge in [-0.2, -0.15) is 0 Å². The smallest absolute Gasteiger partial charge is 0.264 e. The highest BCUT2D eigenvalue weighted by molar-refractivity contribution is 9.10. The highest BCUT2D eigenvalue weighted by Crippen LogP contribution is 2.27. The maximum absolute atomic E-state index is 13.9. The van der Waals surface area contributed by atoms with Crippen LogP contribution >= 0.6 is 15.9 Å². The summed E-state index contributed by atoms with van der Waals surface area (Å²) in [7, 11) is -4.07. The molecule has 0 aliphatic carbocycles. The lowest BCUT2D eigenvalue weighted by Crippen LogP contribution is -2.51. The molecule has 0 bridgehead atoms. The monoisotopic (exact) mass is 599 g/mol. The molecule has 0 saturated carbocycles. The number of unbranched alkanes of at least 4 members (excludes halogenated alkanes) is 1. The first-order valence-corrected chi connectivity index (χ1v) is 14.8. The highest BCUT2D eigenvalue weighted by atomic mass is 79.9. The fourth-order valence-corrected chi connectivity index (χ4v) is 5.75. The van der Waals surface area contributed by atoms with E-state index < -0.39 is 28.5 Å². The van der Waals surface area contributed by atoms with Crippen LogP contribution in [0.3, 0.4) is 0 Å². The number of anilines is 1. The predicted octanol–water partition coefficient (Wildman–Crippen LogP) is 5.29. The molecule has 0 unspecified atom stereocenters. The molecule has 0 aliphatic heterocycles. The number of rotatable bonds is 12. The zero-order valence-corrected chi connectivity index (χ0v) is 24.3. The molecule has 0 aromatic heterocycles. The largest absolute Gasteiger partial charge is 0.354 e. The first-order chi connectivity index (χ1) is 18.1. The normalized spacial score (nSPS) is 12.0. The molecule has 0 heterocycles. The summed E-state index contributed by atoms with van der Waals surface area (Å²) < 4.78 is 29.6. The Morgan fingerprint density at radius 1 is 0.947 bits per heavy atom. The lowest BCUT2D eigenvalue weighted by molar-refractivity contribution is -0.139. The maximum atomic E-state index is 13.9. The minimum Gasteiger partial charge on any atom is -0.354 e. The van der Waals surface area contributed by atoms with Gasteiger partial charge in [0.25, 0.3) is 10.0 Å². The Kier molecular flexibility index (Phi) is 10.5. The Morgan fingerprint density at radius 2 is 1.58 bits per heavy atom. The van der Waals surface area contributed by atoms with Gasteiger partial charge in [-0.3, -0.25) is 13.9 Å². The van der Waals surface area contributed by atoms with E-state index in [0.29, 0.717) is 17.8 Å². The third-order valence-corrected chi connectivity index (χ3v) is 8.56. The van der Waals surface area contributed by atoms with E-state index in [1.165, 1.54) is 17.0 Å². The zero-order valence-electron chi connectivity index (χ0n) is 21.9. The fourth-order valence-electron chi connectivity index (χ4n) is 3.98. The number of halogens is 1. The van der Waals surface area contributed by atoms with Gasteiger partial charge in [-0.1, -0.05) is 77.8 Å². The number of para-hydroxylation sites is 1. The van der Waals surface area contributed by atoms with Gasteiger partial charge < -0.3 is 10.2 Å². The predicted molar refractivity (Wildman–Crippen MR) is 154 cm³/mol. The average molecular weight is 601 g/mol. The third-order valence-electron chi connectivity index (χ3n) is 6.26. The van der Waals surface area contributed by atoms with Crippen molar-refractivity contribution in [1.29, 1.82) is 0 Å². The van der Waals surface area contributed by atoms with E-state index in [0.717, 1.165) is 27.2 Å². The first kappa shape index (κ1) is 29.4. The molecule has 1 N–H and O–H groups in total. The van der Waals surface area contributed by atoms with Crippen molar-refractivity contribution in [3.63, 3.8) is 0 Å². The second kappa shape index (κ2) is 13.6. The average Bonchev–Trinajstić information content (AvgIpc) is 2.92. The van der Waals surface area contributed by atoms with Crippen molar-refractivity contribution in [2.24, 2.45) is 0 Å². The van der Waals surface area contributed by atoms with Crippen LogP contribution in [0.1, 0.15) is 37.8 Å². The van der Waals surface area contributed by atoms with E-state index in [4.69, 9.17) is 0 Å². The van der Waals surface area contributed by atoms with Crippen LogP contribution < -0.4 is 9.62 Å². The molecule has 0 saturated heterocycles. The summed E-state index contributed by atoms with van der Waals surface area (Å²) in [6, 6.07) is 21.7. The molecule has 0 radical (unpaired) electrons. The number of carbonyl (C=O) groups is 2. The number of hydrogen-bond donors (Lipinski definition) is 1. The minimum absolute atomic E-state index is 0.0841. The molecule has 1 atom stereocenters. The van der Waals surface area contributed by atoms with Gasteiger partial charge in [0.15, 0.2) is 0 Å². The SMILES string of the molecule is CCCCNC(=O)[C@@H](C)N(Cc1ccc(Br)cc1)C(=O)CN(c1ccccc1C)S(=O)(=O)c1ccccc1. The van der Waals surface area contributed by atoms with Crippen molar-refractivity contribution in [3.05, 3.63) is 94.5 Å². The van der Waals surface area contributed by atoms with Crippen LogP contribution in [0.15, 0.2) is 88.2 Å². The van der Waals surface area contributed by atoms with Crippen LogP contribution in [0.4, 0.5) is 5.69 Å². The summed E-state index contributed by atoms with van der Waals surface area (Å²) in [5, 5.41) is 2.89. The van der Waals surface area contributed by atoms with Crippen molar-refractivity contribution in [2.75, 3.05) is 17.4 Å². The Hall–Kier alpha value is -3.17. The Balaban J connectivity index is 1.99. The summed E-state index contributed by atoms with van der Waals surface area (Å²) in [6.07, 6.45) is 1.76. The van der Waals surface area contributed by atoms with E-state index >= 15 is 0 Å². The van der Waals surface area contributed by atoms with Gasteiger partial charge in [-0.05, 0) is 61.7 Å². The van der Waals surface area contributed by atoms with Crippen LogP contribution in [0.2, 0.25) is 0 Å². The van der Waals surface area contributed by atoms with Crippen molar-refractivity contribution in [1.82, 2.24) is 10.2 Å². The molecule has 3 aromatic rings. The van der Waals surface area contributed by atoms with Crippen molar-refractivity contribution >= 4 is 43.5 Å². The molecule has 9 heteroatoms. The Labute approximate surface area is 234 Å². The van der Waals surface area contributed by atoms with Crippen molar-refractivity contribution in [3.8, 4) is 0 Å². The van der Waals surface area contributed by atoms with Crippen molar-refractivity contribution < 1.29 is 18.0 Å². The third kappa shape index (κ3) is 7.45. The van der Waals surface area contributed by atoms with E-state index in [1.807, 2.05) is 37.3 Å². The molecule has 38 heavy (non-hydrogen) atoms.